The van der Waals surface area contributed by atoms with Crippen molar-refractivity contribution < 1.29 is 25.9 Å². The average Bonchev–Trinajstić information content (AvgIpc) is 2.33. The SMILES string of the molecule is CC(N)c1cc(S(=O)(=O)O)cc2c(S(=O)(=O)O)c(N)ccc12. The van der Waals surface area contributed by atoms with Gasteiger partial charge in [-0.2, -0.15) is 16.8 Å². The van der Waals surface area contributed by atoms with Crippen LogP contribution in [0, 0.1) is 0 Å². The molecule has 0 heterocycles. The molecule has 0 amide bonds. The van der Waals surface area contributed by atoms with Crippen LogP contribution < -0.4 is 11.5 Å². The lowest BCUT2D eigenvalue weighted by Gasteiger charge is -2.15. The number of nitrogens with two attached hydrogens (primary N) is 2. The summed E-state index contributed by atoms with van der Waals surface area (Å²) in [5.41, 5.74) is 11.4. The third-order valence-corrected chi connectivity index (χ3v) is 4.97. The number of nitrogen functional groups attached to an aromatic ring is 1. The Balaban J connectivity index is 3.12. The summed E-state index contributed by atoms with van der Waals surface area (Å²) in [6.45, 7) is 1.56. The largest absolute Gasteiger partial charge is 0.398 e. The van der Waals surface area contributed by atoms with E-state index < -0.39 is 36.1 Å². The van der Waals surface area contributed by atoms with Crippen LogP contribution in [0.4, 0.5) is 5.69 Å². The van der Waals surface area contributed by atoms with Gasteiger partial charge in [-0.15, -0.1) is 0 Å². The van der Waals surface area contributed by atoms with E-state index in [4.69, 9.17) is 11.5 Å². The highest BCUT2D eigenvalue weighted by Gasteiger charge is 2.23. The van der Waals surface area contributed by atoms with Crippen molar-refractivity contribution in [3.8, 4) is 0 Å². The second kappa shape index (κ2) is 5.18. The van der Waals surface area contributed by atoms with Crippen LogP contribution in [0.2, 0.25) is 0 Å². The highest BCUT2D eigenvalue weighted by Crippen LogP contribution is 2.34. The second-order valence-electron chi connectivity index (χ2n) is 4.83. The molecule has 0 aliphatic heterocycles. The zero-order chi connectivity index (χ0) is 16.9. The molecule has 0 fully saturated rings. The van der Waals surface area contributed by atoms with Gasteiger partial charge in [-0.25, -0.2) is 0 Å². The molecule has 22 heavy (non-hydrogen) atoms. The maximum atomic E-state index is 11.5. The smallest absolute Gasteiger partial charge is 0.297 e. The Hall–Kier alpha value is -1.72. The first-order valence-electron chi connectivity index (χ1n) is 5.99. The van der Waals surface area contributed by atoms with Gasteiger partial charge < -0.3 is 11.5 Å². The lowest BCUT2D eigenvalue weighted by Crippen LogP contribution is -2.10. The van der Waals surface area contributed by atoms with Gasteiger partial charge >= 0.3 is 0 Å². The van der Waals surface area contributed by atoms with Gasteiger partial charge in [-0.1, -0.05) is 6.07 Å². The standard InChI is InChI=1S/C12H14N2O6S2/c1-6(13)9-4-7(21(15,16)17)5-10-8(9)2-3-11(14)12(10)22(18,19)20/h2-6H,13-14H2,1H3,(H,15,16,17)(H,18,19,20). The molecule has 2 aromatic rings. The fourth-order valence-corrected chi connectivity index (χ4v) is 3.60. The fraction of sp³-hybridized carbons (Fsp3) is 0.167. The van der Waals surface area contributed by atoms with Crippen LogP contribution in [-0.2, 0) is 20.2 Å². The quantitative estimate of drug-likeness (QED) is 0.471. The van der Waals surface area contributed by atoms with E-state index in [-0.39, 0.29) is 16.6 Å². The Morgan fingerprint density at radius 1 is 1.00 bits per heavy atom. The Morgan fingerprint density at radius 3 is 2.05 bits per heavy atom. The lowest BCUT2D eigenvalue weighted by atomic mass is 9.99. The van der Waals surface area contributed by atoms with Crippen LogP contribution in [0.15, 0.2) is 34.1 Å². The predicted octanol–water partition coefficient (Wildman–Crippen LogP) is 0.935. The van der Waals surface area contributed by atoms with Gasteiger partial charge in [-0.3, -0.25) is 9.11 Å². The van der Waals surface area contributed by atoms with E-state index in [1.165, 1.54) is 12.1 Å². The van der Waals surface area contributed by atoms with E-state index in [0.29, 0.717) is 5.39 Å². The minimum atomic E-state index is -4.71. The van der Waals surface area contributed by atoms with Crippen LogP contribution in [0.25, 0.3) is 10.8 Å². The van der Waals surface area contributed by atoms with E-state index in [1.807, 2.05) is 0 Å². The van der Waals surface area contributed by atoms with Crippen molar-refractivity contribution in [2.24, 2.45) is 5.73 Å². The zero-order valence-electron chi connectivity index (χ0n) is 11.4. The van der Waals surface area contributed by atoms with Crippen molar-refractivity contribution in [1.29, 1.82) is 0 Å². The van der Waals surface area contributed by atoms with Gasteiger partial charge in [0.25, 0.3) is 20.2 Å². The molecule has 6 N–H and O–H groups in total. The molecule has 0 bridgehead atoms. The summed E-state index contributed by atoms with van der Waals surface area (Å²) in [6, 6.07) is 4.15. The number of hydrogen-bond acceptors (Lipinski definition) is 6. The molecular formula is C12H14N2O6S2. The summed E-state index contributed by atoms with van der Waals surface area (Å²) in [5.74, 6) is 0. The first-order valence-corrected chi connectivity index (χ1v) is 8.87. The molecule has 1 unspecified atom stereocenters. The van der Waals surface area contributed by atoms with Gasteiger partial charge in [0.15, 0.2) is 0 Å². The minimum absolute atomic E-state index is 0.134. The Kier molecular flexibility index (Phi) is 3.92. The van der Waals surface area contributed by atoms with Gasteiger partial charge in [-0.05, 0) is 36.1 Å². The summed E-state index contributed by atoms with van der Waals surface area (Å²) in [4.78, 5) is -1.17. The van der Waals surface area contributed by atoms with Crippen molar-refractivity contribution in [2.75, 3.05) is 5.73 Å². The predicted molar refractivity (Wildman–Crippen MR) is 80.6 cm³/mol. The molecule has 10 heteroatoms. The molecule has 0 saturated heterocycles. The Bertz CT molecular complexity index is 965. The zero-order valence-corrected chi connectivity index (χ0v) is 13.0. The maximum absolute atomic E-state index is 11.5. The number of hydrogen-bond donors (Lipinski definition) is 4. The minimum Gasteiger partial charge on any atom is -0.398 e. The third kappa shape index (κ3) is 2.91. The molecule has 0 aliphatic rings. The summed E-state index contributed by atoms with van der Waals surface area (Å²) in [6.07, 6.45) is 0. The van der Waals surface area contributed by atoms with E-state index in [2.05, 4.69) is 0 Å². The third-order valence-electron chi connectivity index (χ3n) is 3.17. The van der Waals surface area contributed by atoms with E-state index in [1.54, 1.807) is 6.92 Å². The molecule has 1 atom stereocenters. The van der Waals surface area contributed by atoms with E-state index in [9.17, 15) is 25.9 Å². The normalized spacial score (nSPS) is 14.2. The molecule has 0 aliphatic carbocycles. The van der Waals surface area contributed by atoms with Gasteiger partial charge in [0.2, 0.25) is 0 Å². The summed E-state index contributed by atoms with van der Waals surface area (Å²) in [5, 5.41) is 0.175. The van der Waals surface area contributed by atoms with Gasteiger partial charge in [0.1, 0.15) is 4.90 Å². The Labute approximate surface area is 127 Å². The van der Waals surface area contributed by atoms with Crippen LogP contribution >= 0.6 is 0 Å². The first kappa shape index (κ1) is 16.6. The lowest BCUT2D eigenvalue weighted by molar-refractivity contribution is 0.480. The van der Waals surface area contributed by atoms with Crippen molar-refractivity contribution in [3.63, 3.8) is 0 Å². The van der Waals surface area contributed by atoms with Gasteiger partial charge in [0, 0.05) is 11.4 Å². The van der Waals surface area contributed by atoms with Crippen molar-refractivity contribution in [2.45, 2.75) is 22.8 Å². The number of rotatable bonds is 3. The second-order valence-corrected chi connectivity index (χ2v) is 7.61. The summed E-state index contributed by atoms with van der Waals surface area (Å²) < 4.78 is 64.4. The molecular weight excluding hydrogens is 332 g/mol. The summed E-state index contributed by atoms with van der Waals surface area (Å²) in [7, 11) is -9.31. The van der Waals surface area contributed by atoms with Crippen molar-refractivity contribution >= 4 is 36.7 Å². The van der Waals surface area contributed by atoms with Crippen molar-refractivity contribution in [3.05, 3.63) is 29.8 Å². The van der Waals surface area contributed by atoms with Gasteiger partial charge in [0.05, 0.1) is 10.6 Å². The molecule has 0 radical (unpaired) electrons. The highest BCUT2D eigenvalue weighted by atomic mass is 32.2. The number of anilines is 1. The highest BCUT2D eigenvalue weighted by molar-refractivity contribution is 7.86. The molecule has 120 valence electrons. The molecule has 0 saturated carbocycles. The molecule has 2 rings (SSSR count). The van der Waals surface area contributed by atoms with Crippen LogP contribution in [0.3, 0.4) is 0 Å². The van der Waals surface area contributed by atoms with Crippen LogP contribution in [-0.4, -0.2) is 25.9 Å². The molecule has 8 nitrogen and oxygen atoms in total. The summed E-state index contributed by atoms with van der Waals surface area (Å²) >= 11 is 0. The van der Waals surface area contributed by atoms with Crippen molar-refractivity contribution in [1.82, 2.24) is 0 Å². The Morgan fingerprint density at radius 2 is 1.59 bits per heavy atom. The monoisotopic (exact) mass is 346 g/mol. The topological polar surface area (TPSA) is 161 Å². The molecule has 2 aromatic carbocycles. The molecule has 0 aromatic heterocycles. The van der Waals surface area contributed by atoms with E-state index in [0.717, 1.165) is 12.1 Å². The van der Waals surface area contributed by atoms with Crippen LogP contribution in [0.5, 0.6) is 0 Å². The maximum Gasteiger partial charge on any atom is 0.297 e. The number of benzene rings is 2. The van der Waals surface area contributed by atoms with Crippen LogP contribution in [0.1, 0.15) is 18.5 Å². The van der Waals surface area contributed by atoms with E-state index >= 15 is 0 Å². The number of fused-ring (bicyclic) bond motifs is 1. The fourth-order valence-electron chi connectivity index (χ4n) is 2.24. The first-order chi connectivity index (χ1) is 9.93. The average molecular weight is 346 g/mol. The molecule has 0 spiro atoms.